The normalized spacial score (nSPS) is 17.1. The smallest absolute Gasteiger partial charge is 0.233 e. The Balaban J connectivity index is 2.02. The van der Waals surface area contributed by atoms with Crippen LogP contribution in [-0.4, -0.2) is 21.9 Å². The lowest BCUT2D eigenvalue weighted by molar-refractivity contribution is -0.119. The molecule has 4 nitrogen and oxygen atoms in total. The molecule has 2 rings (SSSR count). The van der Waals surface area contributed by atoms with Crippen LogP contribution < -0.4 is 11.1 Å². The highest BCUT2D eigenvalue weighted by atomic mass is 32.2. The third kappa shape index (κ3) is 3.53. The zero-order valence-corrected chi connectivity index (χ0v) is 11.6. The average Bonchev–Trinajstić information content (AvgIpc) is 2.79. The number of anilines is 1. The highest BCUT2D eigenvalue weighted by molar-refractivity contribution is 7.85. The van der Waals surface area contributed by atoms with E-state index in [0.29, 0.717) is 0 Å². The minimum atomic E-state index is -2.06. The minimum absolute atomic E-state index is 0.0839. The van der Waals surface area contributed by atoms with Crippen LogP contribution in [0.5, 0.6) is 0 Å². The highest BCUT2D eigenvalue weighted by Crippen LogP contribution is 2.21. The Morgan fingerprint density at radius 2 is 1.85 bits per heavy atom. The second-order valence-electron chi connectivity index (χ2n) is 4.85. The van der Waals surface area contributed by atoms with Crippen molar-refractivity contribution in [1.82, 2.24) is 5.32 Å². The maximum atomic E-state index is 13.6. The predicted molar refractivity (Wildman–Crippen MR) is 72.4 cm³/mol. The fraction of sp³-hybridized carbons (Fsp3) is 0.462. The number of benzene rings is 1. The summed E-state index contributed by atoms with van der Waals surface area (Å²) in [5, 5.41) is 2.73. The molecule has 1 aliphatic rings. The van der Waals surface area contributed by atoms with E-state index in [1.807, 2.05) is 0 Å². The minimum Gasteiger partial charge on any atom is -0.399 e. The second kappa shape index (κ2) is 6.30. The first-order valence-corrected chi connectivity index (χ1v) is 7.71. The fourth-order valence-corrected chi connectivity index (χ4v) is 3.35. The van der Waals surface area contributed by atoms with Crippen molar-refractivity contribution in [2.24, 2.45) is 0 Å². The standard InChI is InChI=1S/C13H16F2N2O2S/c14-10-5-8(16)6-11(15)13(10)20(19)7-12(18)17-9-3-1-2-4-9/h5-6,9H,1-4,7,16H2,(H,17,18). The van der Waals surface area contributed by atoms with Crippen LogP contribution in [0.15, 0.2) is 17.0 Å². The van der Waals surface area contributed by atoms with Gasteiger partial charge >= 0.3 is 0 Å². The van der Waals surface area contributed by atoms with E-state index in [1.54, 1.807) is 0 Å². The zero-order valence-electron chi connectivity index (χ0n) is 10.8. The van der Waals surface area contributed by atoms with Crippen LogP contribution in [0.1, 0.15) is 25.7 Å². The van der Waals surface area contributed by atoms with E-state index in [2.05, 4.69) is 5.32 Å². The maximum Gasteiger partial charge on any atom is 0.233 e. The second-order valence-corrected chi connectivity index (χ2v) is 6.24. The van der Waals surface area contributed by atoms with Crippen LogP contribution in [0.25, 0.3) is 0 Å². The van der Waals surface area contributed by atoms with Crippen molar-refractivity contribution in [2.75, 3.05) is 11.5 Å². The summed E-state index contributed by atoms with van der Waals surface area (Å²) in [6, 6.07) is 1.87. The van der Waals surface area contributed by atoms with Crippen LogP contribution >= 0.6 is 0 Å². The molecule has 0 heterocycles. The van der Waals surface area contributed by atoms with Gasteiger partial charge < -0.3 is 11.1 Å². The monoisotopic (exact) mass is 302 g/mol. The summed E-state index contributed by atoms with van der Waals surface area (Å²) in [7, 11) is -2.06. The van der Waals surface area contributed by atoms with Crippen molar-refractivity contribution >= 4 is 22.4 Å². The Hall–Kier alpha value is -1.50. The van der Waals surface area contributed by atoms with Gasteiger partial charge in [-0.05, 0) is 25.0 Å². The van der Waals surface area contributed by atoms with Gasteiger partial charge in [0, 0.05) is 11.7 Å². The van der Waals surface area contributed by atoms with E-state index in [1.165, 1.54) is 0 Å². The first-order chi connectivity index (χ1) is 9.47. The molecule has 0 bridgehead atoms. The molecule has 1 fully saturated rings. The van der Waals surface area contributed by atoms with Crippen molar-refractivity contribution in [1.29, 1.82) is 0 Å². The Kier molecular flexibility index (Phi) is 4.69. The number of carbonyl (C=O) groups excluding carboxylic acids is 1. The van der Waals surface area contributed by atoms with Gasteiger partial charge in [-0.25, -0.2) is 8.78 Å². The first kappa shape index (κ1) is 14.9. The van der Waals surface area contributed by atoms with Crippen LogP contribution in [0.2, 0.25) is 0 Å². The summed E-state index contributed by atoms with van der Waals surface area (Å²) in [5.74, 6) is -2.89. The fourth-order valence-electron chi connectivity index (χ4n) is 2.33. The number of amides is 1. The molecular formula is C13H16F2N2O2S. The van der Waals surface area contributed by atoms with Crippen molar-refractivity contribution in [3.05, 3.63) is 23.8 Å². The summed E-state index contributed by atoms with van der Waals surface area (Å²) in [5.41, 5.74) is 5.19. The summed E-state index contributed by atoms with van der Waals surface area (Å²) in [6.07, 6.45) is 3.89. The maximum absolute atomic E-state index is 13.6. The lowest BCUT2D eigenvalue weighted by Crippen LogP contribution is -2.35. The van der Waals surface area contributed by atoms with Gasteiger partial charge in [-0.15, -0.1) is 0 Å². The third-order valence-corrected chi connectivity index (χ3v) is 4.60. The number of nitrogen functional groups attached to an aromatic ring is 1. The summed E-state index contributed by atoms with van der Waals surface area (Å²) in [6.45, 7) is 0. The Morgan fingerprint density at radius 3 is 2.40 bits per heavy atom. The van der Waals surface area contributed by atoms with E-state index in [4.69, 9.17) is 5.73 Å². The van der Waals surface area contributed by atoms with Crippen LogP contribution in [0.4, 0.5) is 14.5 Å². The van der Waals surface area contributed by atoms with Gasteiger partial charge in [0.15, 0.2) is 0 Å². The molecule has 1 saturated carbocycles. The third-order valence-electron chi connectivity index (χ3n) is 3.23. The molecule has 0 aromatic heterocycles. The Labute approximate surface area is 118 Å². The molecule has 0 spiro atoms. The van der Waals surface area contributed by atoms with Crippen LogP contribution in [0.3, 0.4) is 0 Å². The van der Waals surface area contributed by atoms with Crippen molar-refractivity contribution in [3.8, 4) is 0 Å². The molecule has 110 valence electrons. The Morgan fingerprint density at radius 1 is 1.30 bits per heavy atom. The van der Waals surface area contributed by atoms with Gasteiger partial charge in [0.1, 0.15) is 22.3 Å². The lowest BCUT2D eigenvalue weighted by Gasteiger charge is -2.12. The number of hydrogen-bond acceptors (Lipinski definition) is 3. The largest absolute Gasteiger partial charge is 0.399 e. The number of halogens is 2. The van der Waals surface area contributed by atoms with Gasteiger partial charge in [0.05, 0.1) is 10.8 Å². The quantitative estimate of drug-likeness (QED) is 0.832. The van der Waals surface area contributed by atoms with Crippen LogP contribution in [0, 0.1) is 11.6 Å². The number of hydrogen-bond donors (Lipinski definition) is 2. The highest BCUT2D eigenvalue weighted by Gasteiger charge is 2.22. The molecule has 0 saturated heterocycles. The molecule has 7 heteroatoms. The molecule has 1 aliphatic carbocycles. The number of nitrogens with one attached hydrogen (secondary N) is 1. The molecule has 3 N–H and O–H groups in total. The molecule has 1 atom stereocenters. The number of rotatable bonds is 4. The van der Waals surface area contributed by atoms with E-state index in [0.717, 1.165) is 37.8 Å². The average molecular weight is 302 g/mol. The van der Waals surface area contributed by atoms with E-state index < -0.39 is 39.0 Å². The van der Waals surface area contributed by atoms with E-state index >= 15 is 0 Å². The van der Waals surface area contributed by atoms with Gasteiger partial charge in [0.25, 0.3) is 0 Å². The topological polar surface area (TPSA) is 72.2 Å². The lowest BCUT2D eigenvalue weighted by atomic mass is 10.2. The van der Waals surface area contributed by atoms with Crippen LogP contribution in [-0.2, 0) is 15.6 Å². The number of nitrogens with two attached hydrogens (primary N) is 1. The first-order valence-electron chi connectivity index (χ1n) is 6.39. The Bertz CT molecular complexity index is 522. The molecule has 1 unspecified atom stereocenters. The van der Waals surface area contributed by atoms with Crippen molar-refractivity contribution < 1.29 is 17.8 Å². The van der Waals surface area contributed by atoms with Crippen molar-refractivity contribution in [2.45, 2.75) is 36.6 Å². The van der Waals surface area contributed by atoms with Crippen molar-refractivity contribution in [3.63, 3.8) is 0 Å². The molecule has 1 amide bonds. The molecule has 20 heavy (non-hydrogen) atoms. The molecule has 0 aliphatic heterocycles. The van der Waals surface area contributed by atoms with Gasteiger partial charge in [-0.1, -0.05) is 12.8 Å². The summed E-state index contributed by atoms with van der Waals surface area (Å²) in [4.78, 5) is 11.1. The summed E-state index contributed by atoms with van der Waals surface area (Å²) >= 11 is 0. The number of carbonyl (C=O) groups is 1. The zero-order chi connectivity index (χ0) is 14.7. The van der Waals surface area contributed by atoms with Gasteiger partial charge in [-0.2, -0.15) is 0 Å². The van der Waals surface area contributed by atoms with Gasteiger partial charge in [0.2, 0.25) is 5.91 Å². The van der Waals surface area contributed by atoms with E-state index in [-0.39, 0.29) is 11.7 Å². The molecule has 0 radical (unpaired) electrons. The molecule has 1 aromatic carbocycles. The van der Waals surface area contributed by atoms with Gasteiger partial charge in [-0.3, -0.25) is 9.00 Å². The molecular weight excluding hydrogens is 286 g/mol. The van der Waals surface area contributed by atoms with E-state index in [9.17, 15) is 17.8 Å². The summed E-state index contributed by atoms with van der Waals surface area (Å²) < 4.78 is 39.1. The predicted octanol–water partition coefficient (Wildman–Crippen LogP) is 1.71. The molecule has 1 aromatic rings. The SMILES string of the molecule is Nc1cc(F)c(S(=O)CC(=O)NC2CCCC2)c(F)c1.